The highest BCUT2D eigenvalue weighted by Gasteiger charge is 2.29. The molecule has 0 aromatic heterocycles. The van der Waals surface area contributed by atoms with Crippen LogP contribution >= 0.6 is 0 Å². The van der Waals surface area contributed by atoms with Crippen LogP contribution in [-0.2, 0) is 14.3 Å². The van der Waals surface area contributed by atoms with Gasteiger partial charge in [0.15, 0.2) is 0 Å². The molecular weight excluding hydrogens is 220 g/mol. The Bertz CT molecular complexity index is 232. The van der Waals surface area contributed by atoms with E-state index in [9.17, 15) is 4.79 Å². The topological polar surface area (TPSA) is 50.8 Å². The Hall–Kier alpha value is -0.650. The largest absolute Gasteiger partial charge is 0.468 e. The van der Waals surface area contributed by atoms with Crippen molar-refractivity contribution in [2.75, 3.05) is 41.0 Å². The van der Waals surface area contributed by atoms with Gasteiger partial charge < -0.3 is 19.7 Å². The van der Waals surface area contributed by atoms with E-state index >= 15 is 0 Å². The lowest BCUT2D eigenvalue weighted by atomic mass is 10.2. The molecule has 0 spiro atoms. The summed E-state index contributed by atoms with van der Waals surface area (Å²) in [5.41, 5.74) is 0. The lowest BCUT2D eigenvalue weighted by Gasteiger charge is -2.23. The van der Waals surface area contributed by atoms with Crippen molar-refractivity contribution in [1.29, 1.82) is 0 Å². The second-order valence-electron chi connectivity index (χ2n) is 4.63. The molecule has 1 atom stereocenters. The molecule has 0 aromatic carbocycles. The Labute approximate surface area is 103 Å². The van der Waals surface area contributed by atoms with Gasteiger partial charge in [-0.05, 0) is 26.3 Å². The molecule has 100 valence electrons. The van der Waals surface area contributed by atoms with Crippen molar-refractivity contribution in [3.8, 4) is 0 Å². The highest BCUT2D eigenvalue weighted by molar-refractivity contribution is 5.76. The van der Waals surface area contributed by atoms with Crippen molar-refractivity contribution >= 4 is 5.97 Å². The molecule has 0 heterocycles. The summed E-state index contributed by atoms with van der Waals surface area (Å²) in [7, 11) is 5.15. The number of rotatable bonds is 9. The second-order valence-corrected chi connectivity index (χ2v) is 4.63. The summed E-state index contributed by atoms with van der Waals surface area (Å²) in [5.74, 6) is -0.171. The highest BCUT2D eigenvalue weighted by atomic mass is 16.5. The van der Waals surface area contributed by atoms with Crippen molar-refractivity contribution < 1.29 is 14.3 Å². The van der Waals surface area contributed by atoms with E-state index in [-0.39, 0.29) is 12.0 Å². The first-order chi connectivity index (χ1) is 8.17. The molecule has 1 rings (SSSR count). The van der Waals surface area contributed by atoms with E-state index in [1.165, 1.54) is 20.0 Å². The first kappa shape index (κ1) is 14.4. The molecule has 0 radical (unpaired) electrons. The Balaban J connectivity index is 2.27. The quantitative estimate of drug-likeness (QED) is 0.465. The Morgan fingerprint density at radius 3 is 2.71 bits per heavy atom. The first-order valence-corrected chi connectivity index (χ1v) is 6.18. The highest BCUT2D eigenvalue weighted by Crippen LogP contribution is 2.19. The number of nitrogens with one attached hydrogen (secondary N) is 1. The molecule has 0 saturated heterocycles. The van der Waals surface area contributed by atoms with Crippen molar-refractivity contribution in [2.24, 2.45) is 0 Å². The molecule has 17 heavy (non-hydrogen) atoms. The van der Waals surface area contributed by atoms with Crippen LogP contribution in [0, 0.1) is 0 Å². The van der Waals surface area contributed by atoms with Gasteiger partial charge in [-0.15, -0.1) is 0 Å². The average Bonchev–Trinajstić information content (AvgIpc) is 3.11. The molecule has 0 amide bonds. The van der Waals surface area contributed by atoms with Crippen LogP contribution in [0.4, 0.5) is 0 Å². The van der Waals surface area contributed by atoms with Crippen LogP contribution in [0.3, 0.4) is 0 Å². The van der Waals surface area contributed by atoms with Gasteiger partial charge in [-0.1, -0.05) is 0 Å². The average molecular weight is 244 g/mol. The summed E-state index contributed by atoms with van der Waals surface area (Å²) < 4.78 is 9.82. The van der Waals surface area contributed by atoms with Gasteiger partial charge in [-0.3, -0.25) is 4.79 Å². The van der Waals surface area contributed by atoms with Crippen molar-refractivity contribution in [3.63, 3.8) is 0 Å². The minimum absolute atomic E-state index is 0.171. The number of ether oxygens (including phenoxy) is 2. The van der Waals surface area contributed by atoms with E-state index in [0.717, 1.165) is 19.6 Å². The van der Waals surface area contributed by atoms with E-state index in [2.05, 4.69) is 10.2 Å². The fourth-order valence-corrected chi connectivity index (χ4v) is 1.75. The molecule has 1 N–H and O–H groups in total. The zero-order chi connectivity index (χ0) is 12.7. The molecule has 0 bridgehead atoms. The minimum Gasteiger partial charge on any atom is -0.468 e. The van der Waals surface area contributed by atoms with Gasteiger partial charge in [0.05, 0.1) is 7.11 Å². The molecule has 0 aromatic rings. The number of carbonyl (C=O) groups is 1. The van der Waals surface area contributed by atoms with Crippen LogP contribution < -0.4 is 5.32 Å². The number of carbonyl (C=O) groups excluding carboxylic acids is 1. The van der Waals surface area contributed by atoms with Gasteiger partial charge in [0.1, 0.15) is 6.04 Å². The third-order valence-corrected chi connectivity index (χ3v) is 2.88. The number of nitrogens with zero attached hydrogens (tertiary/aromatic N) is 1. The van der Waals surface area contributed by atoms with Crippen LogP contribution in [0.25, 0.3) is 0 Å². The molecular formula is C12H24N2O3. The van der Waals surface area contributed by atoms with E-state index in [1.54, 1.807) is 7.11 Å². The molecule has 5 heteroatoms. The minimum atomic E-state index is -0.208. The van der Waals surface area contributed by atoms with Crippen molar-refractivity contribution in [1.82, 2.24) is 10.2 Å². The zero-order valence-corrected chi connectivity index (χ0v) is 11.1. The van der Waals surface area contributed by atoms with E-state index in [4.69, 9.17) is 9.47 Å². The van der Waals surface area contributed by atoms with Gasteiger partial charge in [-0.2, -0.15) is 0 Å². The SMILES string of the molecule is COCCCN(C)CC(NC1CC1)C(=O)OC. The summed E-state index contributed by atoms with van der Waals surface area (Å²) >= 11 is 0. The number of esters is 1. The maximum absolute atomic E-state index is 11.6. The predicted molar refractivity (Wildman–Crippen MR) is 66.0 cm³/mol. The molecule has 1 saturated carbocycles. The molecule has 1 unspecified atom stereocenters. The Morgan fingerprint density at radius 1 is 1.47 bits per heavy atom. The fourth-order valence-electron chi connectivity index (χ4n) is 1.75. The summed E-state index contributed by atoms with van der Waals surface area (Å²) in [4.78, 5) is 13.7. The van der Waals surface area contributed by atoms with Gasteiger partial charge >= 0.3 is 5.97 Å². The van der Waals surface area contributed by atoms with Crippen LogP contribution in [0.15, 0.2) is 0 Å². The van der Waals surface area contributed by atoms with Gasteiger partial charge in [0, 0.05) is 32.8 Å². The Kier molecular flexibility index (Phi) is 6.47. The Morgan fingerprint density at radius 2 is 2.18 bits per heavy atom. The van der Waals surface area contributed by atoms with Gasteiger partial charge in [0.25, 0.3) is 0 Å². The summed E-state index contributed by atoms with van der Waals surface area (Å²) in [6.45, 7) is 2.36. The summed E-state index contributed by atoms with van der Waals surface area (Å²) in [5, 5.41) is 3.32. The zero-order valence-electron chi connectivity index (χ0n) is 11.1. The summed E-state index contributed by atoms with van der Waals surface area (Å²) in [6.07, 6.45) is 3.31. The molecule has 5 nitrogen and oxygen atoms in total. The smallest absolute Gasteiger partial charge is 0.324 e. The second kappa shape index (κ2) is 7.63. The van der Waals surface area contributed by atoms with E-state index in [0.29, 0.717) is 12.6 Å². The number of hydrogen-bond acceptors (Lipinski definition) is 5. The molecule has 0 aliphatic heterocycles. The number of hydrogen-bond donors (Lipinski definition) is 1. The maximum atomic E-state index is 11.6. The predicted octanol–water partition coefficient (Wildman–Crippen LogP) is 0.248. The monoisotopic (exact) mass is 244 g/mol. The molecule has 1 aliphatic carbocycles. The van der Waals surface area contributed by atoms with Crippen LogP contribution in [0.1, 0.15) is 19.3 Å². The van der Waals surface area contributed by atoms with E-state index in [1.807, 2.05) is 7.05 Å². The van der Waals surface area contributed by atoms with Crippen LogP contribution in [0.2, 0.25) is 0 Å². The first-order valence-electron chi connectivity index (χ1n) is 6.18. The summed E-state index contributed by atoms with van der Waals surface area (Å²) in [6, 6.07) is 0.298. The third-order valence-electron chi connectivity index (χ3n) is 2.88. The molecule has 1 aliphatic rings. The van der Waals surface area contributed by atoms with E-state index < -0.39 is 0 Å². The fraction of sp³-hybridized carbons (Fsp3) is 0.917. The van der Waals surface area contributed by atoms with Crippen molar-refractivity contribution in [2.45, 2.75) is 31.3 Å². The third kappa shape index (κ3) is 6.00. The number of likely N-dealkylation sites (N-methyl/N-ethyl adjacent to an activating group) is 1. The normalized spacial score (nSPS) is 17.2. The standard InChI is InChI=1S/C12H24N2O3/c1-14(7-4-8-16-2)9-11(12(15)17-3)13-10-5-6-10/h10-11,13H,4-9H2,1-3H3. The van der Waals surface area contributed by atoms with Crippen LogP contribution in [0.5, 0.6) is 0 Å². The maximum Gasteiger partial charge on any atom is 0.324 e. The van der Waals surface area contributed by atoms with Crippen molar-refractivity contribution in [3.05, 3.63) is 0 Å². The van der Waals surface area contributed by atoms with Gasteiger partial charge in [-0.25, -0.2) is 0 Å². The lowest BCUT2D eigenvalue weighted by molar-refractivity contribution is -0.143. The molecule has 1 fully saturated rings. The lowest BCUT2D eigenvalue weighted by Crippen LogP contribution is -2.46. The van der Waals surface area contributed by atoms with Crippen LogP contribution in [-0.4, -0.2) is 63.9 Å². The van der Waals surface area contributed by atoms with Gasteiger partial charge in [0.2, 0.25) is 0 Å². The number of methoxy groups -OCH3 is 2.